The van der Waals surface area contributed by atoms with Gasteiger partial charge in [-0.25, -0.2) is 0 Å². The first kappa shape index (κ1) is 11.2. The van der Waals surface area contributed by atoms with Crippen molar-refractivity contribution in [3.05, 3.63) is 0 Å². The van der Waals surface area contributed by atoms with Crippen molar-refractivity contribution in [3.8, 4) is 0 Å². The molecule has 0 saturated carbocycles. The largest absolute Gasteiger partial charge is 0.469 e. The van der Waals surface area contributed by atoms with Crippen molar-refractivity contribution >= 4 is 13.1 Å². The van der Waals surface area contributed by atoms with E-state index in [1.807, 2.05) is 0 Å². The van der Waals surface area contributed by atoms with Gasteiger partial charge in [0.2, 0.25) is 0 Å². The fraction of sp³-hybridized carbons (Fsp3) is 0.800. The molecule has 0 spiro atoms. The molecule has 70 valence electrons. The van der Waals surface area contributed by atoms with Crippen molar-refractivity contribution in [3.63, 3.8) is 0 Å². The maximum atomic E-state index is 8.57. The fourth-order valence-corrected chi connectivity index (χ4v) is 0.684. The molecule has 0 aliphatic carbocycles. The van der Waals surface area contributed by atoms with Crippen LogP contribution in [0.15, 0.2) is 4.99 Å². The summed E-state index contributed by atoms with van der Waals surface area (Å²) in [6.45, 7) is 0.461. The first-order valence-corrected chi connectivity index (χ1v) is 3.71. The van der Waals surface area contributed by atoms with Crippen molar-refractivity contribution in [1.82, 2.24) is 0 Å². The fourth-order valence-electron chi connectivity index (χ4n) is 0.684. The van der Waals surface area contributed by atoms with Gasteiger partial charge in [-0.15, -0.1) is 0 Å². The van der Waals surface area contributed by atoms with Crippen molar-refractivity contribution < 1.29 is 10.0 Å². The molecule has 0 radical (unpaired) electrons. The predicted octanol–water partition coefficient (Wildman–Crippen LogP) is -2.62. The van der Waals surface area contributed by atoms with Crippen LogP contribution in [-0.4, -0.2) is 35.6 Å². The van der Waals surface area contributed by atoms with Gasteiger partial charge in [-0.05, 0) is 12.8 Å². The van der Waals surface area contributed by atoms with Gasteiger partial charge in [0.15, 0.2) is 5.96 Å². The molecule has 0 aromatic carbocycles. The molecular weight excluding hydrogens is 159 g/mol. The number of nitrogens with two attached hydrogens (primary N) is 3. The number of rotatable bonds is 5. The summed E-state index contributed by atoms with van der Waals surface area (Å²) < 4.78 is 0. The molecule has 0 fully saturated rings. The number of nitrogens with zero attached hydrogens (tertiary/aromatic N) is 1. The molecule has 0 bridgehead atoms. The second-order valence-electron chi connectivity index (χ2n) is 2.53. The van der Waals surface area contributed by atoms with E-state index in [9.17, 15) is 0 Å². The maximum absolute atomic E-state index is 8.57. The lowest BCUT2D eigenvalue weighted by Crippen LogP contribution is -2.38. The van der Waals surface area contributed by atoms with E-state index in [4.69, 9.17) is 27.2 Å². The molecule has 1 unspecified atom stereocenters. The zero-order valence-corrected chi connectivity index (χ0v) is 6.85. The van der Waals surface area contributed by atoms with Gasteiger partial charge in [0.1, 0.15) is 0 Å². The lowest BCUT2D eigenvalue weighted by molar-refractivity contribution is 0.381. The van der Waals surface area contributed by atoms with Gasteiger partial charge in [0, 0.05) is 12.5 Å². The average Bonchev–Trinajstić information content (AvgIpc) is 1.97. The summed E-state index contributed by atoms with van der Waals surface area (Å²) in [5, 5.41) is 17.1. The Balaban J connectivity index is 3.38. The third-order valence-electron chi connectivity index (χ3n) is 1.37. The van der Waals surface area contributed by atoms with Gasteiger partial charge in [-0.1, -0.05) is 0 Å². The van der Waals surface area contributed by atoms with Crippen molar-refractivity contribution in [1.29, 1.82) is 0 Å². The predicted molar refractivity (Wildman–Crippen MR) is 48.1 cm³/mol. The van der Waals surface area contributed by atoms with Gasteiger partial charge >= 0.3 is 7.12 Å². The second-order valence-corrected chi connectivity index (χ2v) is 2.53. The van der Waals surface area contributed by atoms with E-state index in [-0.39, 0.29) is 5.96 Å². The van der Waals surface area contributed by atoms with E-state index in [1.165, 1.54) is 0 Å². The molecule has 0 aromatic heterocycles. The Morgan fingerprint density at radius 3 is 2.42 bits per heavy atom. The third-order valence-corrected chi connectivity index (χ3v) is 1.37. The van der Waals surface area contributed by atoms with Gasteiger partial charge in [0.05, 0.1) is 0 Å². The van der Waals surface area contributed by atoms with Crippen LogP contribution in [0.5, 0.6) is 0 Å². The molecule has 0 rings (SSSR count). The quantitative estimate of drug-likeness (QED) is 0.135. The summed E-state index contributed by atoms with van der Waals surface area (Å²) in [5.41, 5.74) is 15.5. The Bertz CT molecular complexity index is 148. The Labute approximate surface area is 71.6 Å². The summed E-state index contributed by atoms with van der Waals surface area (Å²) in [6.07, 6.45) is 1.12. The summed E-state index contributed by atoms with van der Waals surface area (Å²) in [6, 6.07) is 0. The minimum atomic E-state index is -1.47. The smallest absolute Gasteiger partial charge is 0.426 e. The third kappa shape index (κ3) is 5.96. The SMILES string of the molecule is NC(N)=NCCCC(N)B(O)O. The summed E-state index contributed by atoms with van der Waals surface area (Å²) in [4.78, 5) is 3.71. The number of aliphatic imine (C=N–C) groups is 1. The van der Waals surface area contributed by atoms with Crippen LogP contribution < -0.4 is 17.2 Å². The van der Waals surface area contributed by atoms with E-state index < -0.39 is 13.1 Å². The molecule has 0 aliphatic heterocycles. The van der Waals surface area contributed by atoms with Gasteiger partial charge < -0.3 is 27.2 Å². The second kappa shape index (κ2) is 5.81. The molecule has 0 aliphatic rings. The maximum Gasteiger partial charge on any atom is 0.469 e. The molecule has 1 atom stereocenters. The van der Waals surface area contributed by atoms with Crippen LogP contribution >= 0.6 is 0 Å². The standard InChI is InChI=1S/C5H15BN4O2/c7-4(6(11)12)2-1-3-10-5(8)9/h4,11-12H,1-3,7H2,(H4,8,9,10). The highest BCUT2D eigenvalue weighted by Gasteiger charge is 2.17. The highest BCUT2D eigenvalue weighted by Crippen LogP contribution is 1.95. The van der Waals surface area contributed by atoms with Crippen LogP contribution in [0.4, 0.5) is 0 Å². The molecular formula is C5H15BN4O2. The van der Waals surface area contributed by atoms with Crippen LogP contribution in [0.3, 0.4) is 0 Å². The molecule has 0 aromatic rings. The highest BCUT2D eigenvalue weighted by atomic mass is 16.4. The minimum Gasteiger partial charge on any atom is -0.426 e. The number of hydrogen-bond acceptors (Lipinski definition) is 4. The van der Waals surface area contributed by atoms with Gasteiger partial charge in [0.25, 0.3) is 0 Å². The Kier molecular flexibility index (Phi) is 5.43. The van der Waals surface area contributed by atoms with Crippen LogP contribution in [-0.2, 0) is 0 Å². The Hall–Kier alpha value is -0.785. The van der Waals surface area contributed by atoms with E-state index >= 15 is 0 Å². The average molecular weight is 174 g/mol. The molecule has 8 N–H and O–H groups in total. The van der Waals surface area contributed by atoms with Crippen LogP contribution in [0.1, 0.15) is 12.8 Å². The van der Waals surface area contributed by atoms with E-state index in [0.717, 1.165) is 0 Å². The van der Waals surface area contributed by atoms with E-state index in [0.29, 0.717) is 19.4 Å². The van der Waals surface area contributed by atoms with E-state index in [1.54, 1.807) is 0 Å². The summed E-state index contributed by atoms with van der Waals surface area (Å²) in [5.74, 6) is -0.590. The number of guanidine groups is 1. The monoisotopic (exact) mass is 174 g/mol. The van der Waals surface area contributed by atoms with Gasteiger partial charge in [-0.2, -0.15) is 0 Å². The Morgan fingerprint density at radius 1 is 1.42 bits per heavy atom. The van der Waals surface area contributed by atoms with E-state index in [2.05, 4.69) is 4.99 Å². The van der Waals surface area contributed by atoms with Crippen LogP contribution in [0.2, 0.25) is 0 Å². The van der Waals surface area contributed by atoms with Crippen LogP contribution in [0.25, 0.3) is 0 Å². The summed E-state index contributed by atoms with van der Waals surface area (Å²) in [7, 11) is -1.47. The van der Waals surface area contributed by atoms with Crippen molar-refractivity contribution in [2.24, 2.45) is 22.2 Å². The highest BCUT2D eigenvalue weighted by molar-refractivity contribution is 6.43. The normalized spacial score (nSPS) is 12.2. The van der Waals surface area contributed by atoms with Crippen molar-refractivity contribution in [2.45, 2.75) is 18.8 Å². The first-order chi connectivity index (χ1) is 5.54. The molecule has 0 amide bonds. The van der Waals surface area contributed by atoms with Gasteiger partial charge in [-0.3, -0.25) is 4.99 Å². The lowest BCUT2D eigenvalue weighted by atomic mass is 9.78. The molecule has 0 saturated heterocycles. The van der Waals surface area contributed by atoms with Crippen LogP contribution in [0, 0.1) is 0 Å². The number of hydrogen-bond donors (Lipinski definition) is 5. The zero-order chi connectivity index (χ0) is 9.56. The molecule has 6 nitrogen and oxygen atoms in total. The first-order valence-electron chi connectivity index (χ1n) is 3.71. The minimum absolute atomic E-state index is 0.0353. The molecule has 7 heteroatoms. The zero-order valence-electron chi connectivity index (χ0n) is 6.85. The molecule has 12 heavy (non-hydrogen) atoms. The lowest BCUT2D eigenvalue weighted by Gasteiger charge is -2.07. The summed E-state index contributed by atoms with van der Waals surface area (Å²) >= 11 is 0. The Morgan fingerprint density at radius 2 is 2.00 bits per heavy atom. The molecule has 0 heterocycles. The topological polar surface area (TPSA) is 131 Å². The van der Waals surface area contributed by atoms with Crippen molar-refractivity contribution in [2.75, 3.05) is 6.54 Å².